The number of benzene rings is 2. The molecule has 0 saturated heterocycles. The van der Waals surface area contributed by atoms with Gasteiger partial charge < -0.3 is 9.52 Å². The van der Waals surface area contributed by atoms with Crippen molar-refractivity contribution in [2.75, 3.05) is 0 Å². The maximum absolute atomic E-state index is 10.2. The molecule has 3 nitrogen and oxygen atoms in total. The van der Waals surface area contributed by atoms with Gasteiger partial charge in [0.15, 0.2) is 5.58 Å². The van der Waals surface area contributed by atoms with Crippen molar-refractivity contribution in [2.24, 2.45) is 0 Å². The van der Waals surface area contributed by atoms with Gasteiger partial charge in [0, 0.05) is 0 Å². The van der Waals surface area contributed by atoms with E-state index in [0.29, 0.717) is 17.4 Å². The van der Waals surface area contributed by atoms with Gasteiger partial charge in [0.25, 0.3) is 0 Å². The van der Waals surface area contributed by atoms with Gasteiger partial charge in [-0.2, -0.15) is 0 Å². The predicted molar refractivity (Wildman–Crippen MR) is 93.9 cm³/mol. The third-order valence-corrected chi connectivity index (χ3v) is 4.17. The molecule has 3 heteroatoms. The van der Waals surface area contributed by atoms with Gasteiger partial charge in [-0.05, 0) is 46.7 Å². The second-order valence-corrected chi connectivity index (χ2v) is 7.38. The van der Waals surface area contributed by atoms with Crippen molar-refractivity contribution in [1.29, 1.82) is 0 Å². The third-order valence-electron chi connectivity index (χ3n) is 4.17. The zero-order valence-corrected chi connectivity index (χ0v) is 14.3. The van der Waals surface area contributed by atoms with Crippen LogP contribution in [0.1, 0.15) is 51.7 Å². The van der Waals surface area contributed by atoms with Gasteiger partial charge in [-0.3, -0.25) is 0 Å². The van der Waals surface area contributed by atoms with E-state index < -0.39 is 0 Å². The molecule has 1 heterocycles. The summed E-state index contributed by atoms with van der Waals surface area (Å²) in [5.41, 5.74) is 4.57. The molecular formula is C20H23NO2. The Hall–Kier alpha value is -2.29. The SMILES string of the molecule is CC(C)c1ccc2oc(-c3cc(C(C)(C)C)ccc3O)nc2c1. The normalized spacial score (nSPS) is 12.3. The van der Waals surface area contributed by atoms with E-state index in [4.69, 9.17) is 4.42 Å². The number of hydrogen-bond acceptors (Lipinski definition) is 3. The number of nitrogens with zero attached hydrogens (tertiary/aromatic N) is 1. The molecule has 0 bridgehead atoms. The standard InChI is InChI=1S/C20H23NO2/c1-12(2)13-6-9-18-16(10-13)21-19(23-18)15-11-14(20(3,4)5)7-8-17(15)22/h6-12,22H,1-5H3. The van der Waals surface area contributed by atoms with Crippen molar-refractivity contribution >= 4 is 11.1 Å². The molecule has 0 saturated carbocycles. The van der Waals surface area contributed by atoms with Gasteiger partial charge in [-0.25, -0.2) is 4.98 Å². The average molecular weight is 309 g/mol. The second-order valence-electron chi connectivity index (χ2n) is 7.38. The fraction of sp³-hybridized carbons (Fsp3) is 0.350. The summed E-state index contributed by atoms with van der Waals surface area (Å²) >= 11 is 0. The summed E-state index contributed by atoms with van der Waals surface area (Å²) in [6.45, 7) is 10.7. The Labute approximate surface area is 137 Å². The van der Waals surface area contributed by atoms with E-state index in [-0.39, 0.29) is 11.2 Å². The molecule has 120 valence electrons. The molecule has 1 N–H and O–H groups in total. The van der Waals surface area contributed by atoms with Gasteiger partial charge in [-0.1, -0.05) is 46.8 Å². The molecule has 0 unspecified atom stereocenters. The smallest absolute Gasteiger partial charge is 0.231 e. The lowest BCUT2D eigenvalue weighted by Crippen LogP contribution is -2.10. The van der Waals surface area contributed by atoms with Gasteiger partial charge in [0.05, 0.1) is 5.56 Å². The molecule has 0 spiro atoms. The van der Waals surface area contributed by atoms with Crippen LogP contribution in [-0.2, 0) is 5.41 Å². The van der Waals surface area contributed by atoms with Crippen LogP contribution in [0, 0.1) is 0 Å². The first kappa shape index (κ1) is 15.6. The van der Waals surface area contributed by atoms with Crippen LogP contribution in [0.2, 0.25) is 0 Å². The summed E-state index contributed by atoms with van der Waals surface area (Å²) in [7, 11) is 0. The fourth-order valence-electron chi connectivity index (χ4n) is 2.59. The highest BCUT2D eigenvalue weighted by atomic mass is 16.3. The molecule has 0 aliphatic rings. The van der Waals surface area contributed by atoms with Crippen LogP contribution in [0.15, 0.2) is 40.8 Å². The monoisotopic (exact) mass is 309 g/mol. The van der Waals surface area contributed by atoms with E-state index in [1.54, 1.807) is 6.07 Å². The first-order valence-corrected chi connectivity index (χ1v) is 8.00. The Morgan fingerprint density at radius 2 is 1.78 bits per heavy atom. The predicted octanol–water partition coefficient (Wildman–Crippen LogP) is 5.62. The van der Waals surface area contributed by atoms with Crippen molar-refractivity contribution in [2.45, 2.75) is 46.0 Å². The average Bonchev–Trinajstić information content (AvgIpc) is 2.88. The largest absolute Gasteiger partial charge is 0.507 e. The van der Waals surface area contributed by atoms with E-state index in [1.807, 2.05) is 18.2 Å². The molecule has 0 aliphatic heterocycles. The number of hydrogen-bond donors (Lipinski definition) is 1. The minimum absolute atomic E-state index is 0.000717. The summed E-state index contributed by atoms with van der Waals surface area (Å²) in [6, 6.07) is 11.7. The zero-order chi connectivity index (χ0) is 16.8. The van der Waals surface area contributed by atoms with Crippen molar-refractivity contribution in [1.82, 2.24) is 4.98 Å². The van der Waals surface area contributed by atoms with Crippen molar-refractivity contribution in [3.63, 3.8) is 0 Å². The van der Waals surface area contributed by atoms with Crippen LogP contribution < -0.4 is 0 Å². The number of aromatic nitrogens is 1. The number of phenols is 1. The van der Waals surface area contributed by atoms with Gasteiger partial charge >= 0.3 is 0 Å². The lowest BCUT2D eigenvalue weighted by Gasteiger charge is -2.19. The molecule has 1 aromatic heterocycles. The van der Waals surface area contributed by atoms with Gasteiger partial charge in [0.1, 0.15) is 11.3 Å². The summed E-state index contributed by atoms with van der Waals surface area (Å²) < 4.78 is 5.87. The highest BCUT2D eigenvalue weighted by Gasteiger charge is 2.19. The van der Waals surface area contributed by atoms with Crippen molar-refractivity contribution in [3.8, 4) is 17.2 Å². The van der Waals surface area contributed by atoms with E-state index >= 15 is 0 Å². The maximum atomic E-state index is 10.2. The fourth-order valence-corrected chi connectivity index (χ4v) is 2.59. The summed E-state index contributed by atoms with van der Waals surface area (Å²) in [5, 5.41) is 10.2. The zero-order valence-electron chi connectivity index (χ0n) is 14.3. The minimum atomic E-state index is -0.000717. The van der Waals surface area contributed by atoms with E-state index in [2.05, 4.69) is 51.7 Å². The second kappa shape index (κ2) is 5.41. The summed E-state index contributed by atoms with van der Waals surface area (Å²) in [5.74, 6) is 1.09. The molecule has 0 radical (unpaired) electrons. The molecule has 0 aliphatic carbocycles. The maximum Gasteiger partial charge on any atom is 0.231 e. The first-order valence-electron chi connectivity index (χ1n) is 8.00. The molecule has 0 fully saturated rings. The number of fused-ring (bicyclic) bond motifs is 1. The van der Waals surface area contributed by atoms with Crippen LogP contribution in [-0.4, -0.2) is 10.1 Å². The number of aromatic hydroxyl groups is 1. The van der Waals surface area contributed by atoms with Crippen LogP contribution in [0.3, 0.4) is 0 Å². The molecule has 0 atom stereocenters. The number of oxazole rings is 1. The van der Waals surface area contributed by atoms with E-state index in [0.717, 1.165) is 16.7 Å². The molecule has 0 amide bonds. The Morgan fingerprint density at radius 3 is 2.43 bits per heavy atom. The van der Waals surface area contributed by atoms with Crippen LogP contribution in [0.5, 0.6) is 5.75 Å². The van der Waals surface area contributed by atoms with Crippen molar-refractivity contribution < 1.29 is 9.52 Å². The lowest BCUT2D eigenvalue weighted by molar-refractivity contribution is 0.473. The molecule has 3 rings (SSSR count). The van der Waals surface area contributed by atoms with E-state index in [9.17, 15) is 5.11 Å². The van der Waals surface area contributed by atoms with Crippen LogP contribution in [0.4, 0.5) is 0 Å². The Bertz CT molecular complexity index is 854. The van der Waals surface area contributed by atoms with Crippen LogP contribution >= 0.6 is 0 Å². The van der Waals surface area contributed by atoms with E-state index in [1.165, 1.54) is 5.56 Å². The minimum Gasteiger partial charge on any atom is -0.507 e. The Kier molecular flexibility index (Phi) is 3.67. The Morgan fingerprint density at radius 1 is 1.04 bits per heavy atom. The number of rotatable bonds is 2. The lowest BCUT2D eigenvalue weighted by atomic mass is 9.86. The molecule has 3 aromatic rings. The highest BCUT2D eigenvalue weighted by molar-refractivity contribution is 5.78. The number of phenolic OH excluding ortho intramolecular Hbond substituents is 1. The first-order chi connectivity index (χ1) is 10.8. The topological polar surface area (TPSA) is 46.3 Å². The summed E-state index contributed by atoms with van der Waals surface area (Å²) in [4.78, 5) is 4.58. The molecular weight excluding hydrogens is 286 g/mol. The highest BCUT2D eigenvalue weighted by Crippen LogP contribution is 2.35. The quantitative estimate of drug-likeness (QED) is 0.668. The van der Waals surface area contributed by atoms with Crippen molar-refractivity contribution in [3.05, 3.63) is 47.5 Å². The van der Waals surface area contributed by atoms with Crippen LogP contribution in [0.25, 0.3) is 22.6 Å². The molecule has 23 heavy (non-hydrogen) atoms. The summed E-state index contributed by atoms with van der Waals surface area (Å²) in [6.07, 6.45) is 0. The molecule has 2 aromatic carbocycles. The third kappa shape index (κ3) is 2.96. The van der Waals surface area contributed by atoms with Gasteiger partial charge in [0.2, 0.25) is 5.89 Å². The van der Waals surface area contributed by atoms with Gasteiger partial charge in [-0.15, -0.1) is 0 Å². The Balaban J connectivity index is 2.13.